The normalized spacial score (nSPS) is 11.9. The zero-order chi connectivity index (χ0) is 18.4. The summed E-state index contributed by atoms with van der Waals surface area (Å²) in [6.45, 7) is 6.10. The Balaban J connectivity index is 1.92. The Kier molecular flexibility index (Phi) is 6.14. The zero-order valence-corrected chi connectivity index (χ0v) is 16.0. The molecule has 0 aliphatic carbocycles. The largest absolute Gasteiger partial charge is 0.481 e. The molecule has 1 aromatic carbocycles. The van der Waals surface area contributed by atoms with Gasteiger partial charge in [0.15, 0.2) is 24.8 Å². The van der Waals surface area contributed by atoms with E-state index >= 15 is 0 Å². The number of carbonyl (C=O) groups excluding carboxylic acids is 1. The number of aromatic nitrogens is 1. The van der Waals surface area contributed by atoms with Gasteiger partial charge < -0.3 is 15.3 Å². The first kappa shape index (κ1) is 18.9. The van der Waals surface area contributed by atoms with Crippen LogP contribution in [0.1, 0.15) is 31.9 Å². The SMILES string of the molecule is CC(C)(C)c1ccc(OCC(=O)O/N=C(\N)c2cc[nH+]cc2)c(Br)c1. The van der Waals surface area contributed by atoms with Gasteiger partial charge in [-0.2, -0.15) is 0 Å². The first-order chi connectivity index (χ1) is 11.8. The number of nitrogens with two attached hydrogens (primary N) is 1. The number of amidine groups is 1. The van der Waals surface area contributed by atoms with Gasteiger partial charge in [-0.05, 0) is 39.0 Å². The average Bonchev–Trinajstić information content (AvgIpc) is 2.58. The van der Waals surface area contributed by atoms with Crippen molar-refractivity contribution in [2.75, 3.05) is 6.61 Å². The van der Waals surface area contributed by atoms with E-state index in [1.807, 2.05) is 18.2 Å². The van der Waals surface area contributed by atoms with Gasteiger partial charge in [0.2, 0.25) is 0 Å². The number of H-pyrrole nitrogens is 1. The van der Waals surface area contributed by atoms with Gasteiger partial charge in [-0.25, -0.2) is 9.78 Å². The molecule has 0 fully saturated rings. The number of hydrogen-bond donors (Lipinski definition) is 1. The van der Waals surface area contributed by atoms with Gasteiger partial charge in [0.05, 0.1) is 4.47 Å². The number of ether oxygens (including phenoxy) is 1. The predicted octanol–water partition coefficient (Wildman–Crippen LogP) is 2.80. The highest BCUT2D eigenvalue weighted by Crippen LogP contribution is 2.31. The number of rotatable bonds is 5. The molecular formula is C18H21BrN3O3+. The number of benzene rings is 1. The van der Waals surface area contributed by atoms with Gasteiger partial charge >= 0.3 is 5.97 Å². The van der Waals surface area contributed by atoms with Crippen LogP contribution in [0.25, 0.3) is 0 Å². The summed E-state index contributed by atoms with van der Waals surface area (Å²) in [5, 5.41) is 3.61. The summed E-state index contributed by atoms with van der Waals surface area (Å²) in [4.78, 5) is 19.4. The van der Waals surface area contributed by atoms with Gasteiger partial charge in [0.25, 0.3) is 0 Å². The fourth-order valence-corrected chi connectivity index (χ4v) is 2.45. The van der Waals surface area contributed by atoms with E-state index in [1.54, 1.807) is 24.5 Å². The van der Waals surface area contributed by atoms with Gasteiger partial charge in [0.1, 0.15) is 5.75 Å². The number of hydrogen-bond acceptors (Lipinski definition) is 4. The second kappa shape index (κ2) is 8.11. The summed E-state index contributed by atoms with van der Waals surface area (Å²) in [6, 6.07) is 9.20. The fourth-order valence-electron chi connectivity index (χ4n) is 1.96. The first-order valence-electron chi connectivity index (χ1n) is 7.70. The third-order valence-corrected chi connectivity index (χ3v) is 4.02. The van der Waals surface area contributed by atoms with E-state index in [-0.39, 0.29) is 17.9 Å². The van der Waals surface area contributed by atoms with Crippen LogP contribution < -0.4 is 15.5 Å². The first-order valence-corrected chi connectivity index (χ1v) is 8.49. The lowest BCUT2D eigenvalue weighted by molar-refractivity contribution is -0.378. The van der Waals surface area contributed by atoms with Crippen molar-refractivity contribution in [3.05, 3.63) is 58.3 Å². The maximum atomic E-state index is 11.8. The summed E-state index contributed by atoms with van der Waals surface area (Å²) in [5.41, 5.74) is 7.58. The molecule has 0 bridgehead atoms. The van der Waals surface area contributed by atoms with E-state index in [2.05, 4.69) is 46.8 Å². The molecule has 0 aliphatic heterocycles. The molecule has 0 radical (unpaired) electrons. The molecule has 2 aromatic rings. The molecule has 2 rings (SSSR count). The minimum absolute atomic E-state index is 0.0292. The van der Waals surface area contributed by atoms with E-state index in [9.17, 15) is 4.79 Å². The van der Waals surface area contributed by atoms with Crippen LogP contribution in [0.5, 0.6) is 5.75 Å². The van der Waals surface area contributed by atoms with E-state index in [0.717, 1.165) is 10.0 Å². The summed E-state index contributed by atoms with van der Waals surface area (Å²) < 4.78 is 6.24. The zero-order valence-electron chi connectivity index (χ0n) is 14.4. The molecular weight excluding hydrogens is 386 g/mol. The molecule has 25 heavy (non-hydrogen) atoms. The van der Waals surface area contributed by atoms with E-state index in [0.29, 0.717) is 11.3 Å². The highest BCUT2D eigenvalue weighted by molar-refractivity contribution is 9.10. The van der Waals surface area contributed by atoms with Crippen molar-refractivity contribution in [1.82, 2.24) is 0 Å². The molecule has 3 N–H and O–H groups in total. The Morgan fingerprint density at radius 3 is 2.52 bits per heavy atom. The van der Waals surface area contributed by atoms with Crippen molar-refractivity contribution in [3.63, 3.8) is 0 Å². The number of carbonyl (C=O) groups is 1. The molecule has 1 aromatic heterocycles. The summed E-state index contributed by atoms with van der Waals surface area (Å²) >= 11 is 3.45. The van der Waals surface area contributed by atoms with E-state index < -0.39 is 5.97 Å². The smallest absolute Gasteiger partial charge is 0.372 e. The van der Waals surface area contributed by atoms with Crippen LogP contribution in [0, 0.1) is 0 Å². The lowest BCUT2D eigenvalue weighted by Crippen LogP contribution is -2.18. The minimum atomic E-state index is -0.641. The molecule has 0 saturated heterocycles. The fraction of sp³-hybridized carbons (Fsp3) is 0.278. The highest BCUT2D eigenvalue weighted by atomic mass is 79.9. The van der Waals surface area contributed by atoms with Crippen LogP contribution in [0.4, 0.5) is 0 Å². The summed E-state index contributed by atoms with van der Waals surface area (Å²) in [7, 11) is 0. The van der Waals surface area contributed by atoms with Gasteiger partial charge in [-0.1, -0.05) is 32.0 Å². The monoisotopic (exact) mass is 406 g/mol. The van der Waals surface area contributed by atoms with Crippen LogP contribution in [-0.2, 0) is 15.0 Å². The lowest BCUT2D eigenvalue weighted by atomic mass is 9.87. The third-order valence-electron chi connectivity index (χ3n) is 3.40. The molecule has 0 saturated carbocycles. The molecule has 7 heteroatoms. The van der Waals surface area contributed by atoms with Crippen LogP contribution in [0.2, 0.25) is 0 Å². The Morgan fingerprint density at radius 2 is 1.92 bits per heavy atom. The number of pyridine rings is 1. The molecule has 0 aliphatic rings. The average molecular weight is 407 g/mol. The van der Waals surface area contributed by atoms with E-state index in [4.69, 9.17) is 15.3 Å². The number of nitrogens with zero attached hydrogens (tertiary/aromatic N) is 1. The van der Waals surface area contributed by atoms with Gasteiger partial charge in [-0.3, -0.25) is 0 Å². The molecule has 6 nitrogen and oxygen atoms in total. The van der Waals surface area contributed by atoms with Crippen LogP contribution >= 0.6 is 15.9 Å². The highest BCUT2D eigenvalue weighted by Gasteiger charge is 2.16. The molecule has 132 valence electrons. The minimum Gasteiger partial charge on any atom is -0.481 e. The second-order valence-electron chi connectivity index (χ2n) is 6.41. The van der Waals surface area contributed by atoms with E-state index in [1.165, 1.54) is 0 Å². The number of halogens is 1. The molecule has 0 atom stereocenters. The second-order valence-corrected chi connectivity index (χ2v) is 7.27. The Bertz CT molecular complexity index is 771. The molecule has 1 heterocycles. The Morgan fingerprint density at radius 1 is 1.24 bits per heavy atom. The Hall–Kier alpha value is -2.41. The maximum absolute atomic E-state index is 11.8. The van der Waals surface area contributed by atoms with Crippen molar-refractivity contribution in [2.24, 2.45) is 10.9 Å². The predicted molar refractivity (Wildman–Crippen MR) is 98.2 cm³/mol. The summed E-state index contributed by atoms with van der Waals surface area (Å²) in [6.07, 6.45) is 3.39. The molecule has 0 amide bonds. The van der Waals surface area contributed by atoms with Gasteiger partial charge in [-0.15, -0.1) is 0 Å². The molecule has 0 unspecified atom stereocenters. The number of oxime groups is 1. The van der Waals surface area contributed by atoms with Crippen LogP contribution in [-0.4, -0.2) is 18.4 Å². The topological polar surface area (TPSA) is 88.0 Å². The van der Waals surface area contributed by atoms with Crippen LogP contribution in [0.3, 0.4) is 0 Å². The van der Waals surface area contributed by atoms with Crippen molar-refractivity contribution < 1.29 is 19.4 Å². The number of nitrogens with one attached hydrogen (secondary N) is 1. The van der Waals surface area contributed by atoms with Crippen molar-refractivity contribution in [1.29, 1.82) is 0 Å². The quantitative estimate of drug-likeness (QED) is 0.357. The van der Waals surface area contributed by atoms with Crippen molar-refractivity contribution in [2.45, 2.75) is 26.2 Å². The number of aromatic amines is 1. The Labute approximate surface area is 155 Å². The van der Waals surface area contributed by atoms with Crippen molar-refractivity contribution >= 4 is 27.7 Å². The van der Waals surface area contributed by atoms with Crippen LogP contribution in [0.15, 0.2) is 52.4 Å². The molecule has 0 spiro atoms. The third kappa shape index (κ3) is 5.56. The lowest BCUT2D eigenvalue weighted by Gasteiger charge is -2.20. The summed E-state index contributed by atoms with van der Waals surface area (Å²) in [5.74, 6) is 0.0239. The van der Waals surface area contributed by atoms with Gasteiger partial charge in [0, 0.05) is 17.7 Å². The van der Waals surface area contributed by atoms with Crippen molar-refractivity contribution in [3.8, 4) is 5.75 Å². The standard InChI is InChI=1S/C18H20BrN3O3/c1-18(2,3)13-4-5-15(14(19)10-13)24-11-16(23)25-22-17(20)12-6-8-21-9-7-12/h4-10H,11H2,1-3H3,(H2,20,22)/p+1. The maximum Gasteiger partial charge on any atom is 0.372 e.